The third-order valence-corrected chi connectivity index (χ3v) is 4.38. The van der Waals surface area contributed by atoms with Crippen LogP contribution in [0.1, 0.15) is 27.0 Å². The van der Waals surface area contributed by atoms with Gasteiger partial charge in [0, 0.05) is 11.1 Å². The molecule has 2 aromatic carbocycles. The first-order valence-electron chi connectivity index (χ1n) is 9.00. The predicted molar refractivity (Wildman–Crippen MR) is 111 cm³/mol. The molecule has 2 rings (SSSR count). The van der Waals surface area contributed by atoms with Crippen molar-refractivity contribution in [1.29, 1.82) is 0 Å². The molecule has 2 aromatic rings. The van der Waals surface area contributed by atoms with Crippen molar-refractivity contribution in [2.24, 2.45) is 0 Å². The fourth-order valence-electron chi connectivity index (χ4n) is 2.49. The molecule has 0 spiro atoms. The summed E-state index contributed by atoms with van der Waals surface area (Å²) in [6, 6.07) is 13.2. The van der Waals surface area contributed by atoms with Gasteiger partial charge in [-0.3, -0.25) is 8.98 Å². The van der Waals surface area contributed by atoms with E-state index in [1.165, 1.54) is 0 Å². The first kappa shape index (κ1) is 24.8. The zero-order chi connectivity index (χ0) is 22.2. The van der Waals surface area contributed by atoms with Crippen LogP contribution >= 0.6 is 0 Å². The van der Waals surface area contributed by atoms with Crippen molar-refractivity contribution < 1.29 is 31.2 Å². The lowest BCUT2D eigenvalue weighted by Gasteiger charge is -2.24. The number of rotatable bonds is 7. The predicted octanol–water partition coefficient (Wildman–Crippen LogP) is 2.71. The number of quaternary nitrogens is 1. The van der Waals surface area contributed by atoms with Gasteiger partial charge in [0.15, 0.2) is 5.78 Å². The summed E-state index contributed by atoms with van der Waals surface area (Å²) >= 11 is 0. The monoisotopic (exact) mass is 423 g/mol. The zero-order valence-electron chi connectivity index (χ0n) is 17.8. The van der Waals surface area contributed by atoms with E-state index in [1.54, 1.807) is 0 Å². The van der Waals surface area contributed by atoms with Crippen LogP contribution in [0.2, 0.25) is 0 Å². The van der Waals surface area contributed by atoms with Crippen molar-refractivity contribution in [2.75, 3.05) is 41.4 Å². The number of benzene rings is 2. The molecule has 0 aliphatic rings. The van der Waals surface area contributed by atoms with Gasteiger partial charge in [-0.1, -0.05) is 30.3 Å². The minimum Gasteiger partial charge on any atom is -0.726 e. The standard InChI is InChI=1S/C20H26NO2.CH4O4S/c1-15-13-18(19(22)17-9-7-6-8-10-17)14-16(2)20(15)23-12-11-21(3,4)5;1-5-6(2,3)4/h6-10,13-14H,11-12H2,1-5H3;1H3,(H,2,3,4)/q+1;/p-1. The molecule has 0 bridgehead atoms. The molecule has 160 valence electrons. The zero-order valence-corrected chi connectivity index (χ0v) is 18.6. The third-order valence-electron chi connectivity index (χ3n) is 3.97. The normalized spacial score (nSPS) is 11.4. The van der Waals surface area contributed by atoms with Crippen molar-refractivity contribution in [2.45, 2.75) is 13.8 Å². The van der Waals surface area contributed by atoms with Crippen LogP contribution in [0.5, 0.6) is 5.75 Å². The molecule has 0 heterocycles. The summed E-state index contributed by atoms with van der Waals surface area (Å²) in [5.74, 6) is 0.942. The summed E-state index contributed by atoms with van der Waals surface area (Å²) in [5.41, 5.74) is 3.44. The second-order valence-electron chi connectivity index (χ2n) is 7.57. The SMILES string of the molecule is COS(=O)(=O)[O-].Cc1cc(C(=O)c2ccccc2)cc(C)c1OCC[N+](C)(C)C. The average molecular weight is 424 g/mol. The Labute approximate surface area is 173 Å². The number of ether oxygens (including phenoxy) is 1. The van der Waals surface area contributed by atoms with E-state index in [1.807, 2.05) is 56.3 Å². The van der Waals surface area contributed by atoms with Gasteiger partial charge >= 0.3 is 0 Å². The minimum atomic E-state index is -4.41. The fraction of sp³-hybridized carbons (Fsp3) is 0.381. The number of hydrogen-bond donors (Lipinski definition) is 0. The molecule has 0 aliphatic heterocycles. The van der Waals surface area contributed by atoms with E-state index in [-0.39, 0.29) is 5.78 Å². The Morgan fingerprint density at radius 3 is 1.90 bits per heavy atom. The second-order valence-corrected chi connectivity index (χ2v) is 8.72. The van der Waals surface area contributed by atoms with E-state index in [9.17, 15) is 17.8 Å². The van der Waals surface area contributed by atoms with Crippen LogP contribution in [-0.4, -0.2) is 64.6 Å². The molecular weight excluding hydrogens is 394 g/mol. The highest BCUT2D eigenvalue weighted by molar-refractivity contribution is 7.80. The number of likely N-dealkylation sites (N-methyl/N-ethyl adjacent to an activating group) is 1. The number of hydrogen-bond acceptors (Lipinski definition) is 6. The summed E-state index contributed by atoms with van der Waals surface area (Å²) in [7, 11) is 2.83. The van der Waals surface area contributed by atoms with Crippen LogP contribution in [-0.2, 0) is 14.6 Å². The Morgan fingerprint density at radius 2 is 1.48 bits per heavy atom. The van der Waals surface area contributed by atoms with Gasteiger partial charge in [0.2, 0.25) is 10.4 Å². The molecule has 0 atom stereocenters. The van der Waals surface area contributed by atoms with Gasteiger partial charge in [-0.15, -0.1) is 0 Å². The van der Waals surface area contributed by atoms with Gasteiger partial charge in [-0.2, -0.15) is 0 Å². The maximum atomic E-state index is 12.6. The van der Waals surface area contributed by atoms with E-state index in [2.05, 4.69) is 25.3 Å². The molecule has 0 radical (unpaired) electrons. The highest BCUT2D eigenvalue weighted by atomic mass is 32.3. The number of nitrogens with zero attached hydrogens (tertiary/aromatic N) is 1. The average Bonchev–Trinajstić information content (AvgIpc) is 2.63. The van der Waals surface area contributed by atoms with Crippen molar-refractivity contribution >= 4 is 16.2 Å². The summed E-state index contributed by atoms with van der Waals surface area (Å²) in [4.78, 5) is 12.6. The van der Waals surface area contributed by atoms with Crippen LogP contribution in [0.3, 0.4) is 0 Å². The third kappa shape index (κ3) is 9.19. The topological polar surface area (TPSA) is 92.7 Å². The molecule has 29 heavy (non-hydrogen) atoms. The number of carbonyl (C=O) groups is 1. The molecule has 0 unspecified atom stereocenters. The molecule has 0 N–H and O–H groups in total. The summed E-state index contributed by atoms with van der Waals surface area (Å²) in [5, 5.41) is 0. The second kappa shape index (κ2) is 10.5. The van der Waals surface area contributed by atoms with Gasteiger partial charge in [0.05, 0.1) is 28.3 Å². The highest BCUT2D eigenvalue weighted by Gasteiger charge is 2.14. The quantitative estimate of drug-likeness (QED) is 0.294. The van der Waals surface area contributed by atoms with Gasteiger partial charge in [-0.25, -0.2) is 8.42 Å². The Bertz CT molecular complexity index is 895. The lowest BCUT2D eigenvalue weighted by atomic mass is 9.98. The van der Waals surface area contributed by atoms with Crippen molar-refractivity contribution in [3.05, 3.63) is 64.7 Å². The summed E-state index contributed by atoms with van der Waals surface area (Å²) in [6.45, 7) is 5.59. The van der Waals surface area contributed by atoms with Crippen LogP contribution in [0.4, 0.5) is 0 Å². The molecule has 7 nitrogen and oxygen atoms in total. The lowest BCUT2D eigenvalue weighted by molar-refractivity contribution is -0.870. The minimum absolute atomic E-state index is 0.0507. The molecule has 8 heteroatoms. The van der Waals surface area contributed by atoms with Gasteiger partial charge in [0.25, 0.3) is 0 Å². The smallest absolute Gasteiger partial charge is 0.217 e. The van der Waals surface area contributed by atoms with Crippen molar-refractivity contribution in [3.63, 3.8) is 0 Å². The molecule has 0 saturated heterocycles. The highest BCUT2D eigenvalue weighted by Crippen LogP contribution is 2.26. The Hall–Kier alpha value is -2.26. The van der Waals surface area contributed by atoms with Crippen LogP contribution in [0.15, 0.2) is 42.5 Å². The number of carbonyl (C=O) groups excluding carboxylic acids is 1. The van der Waals surface area contributed by atoms with E-state index < -0.39 is 10.4 Å². The molecular formula is C21H29NO6S. The molecule has 0 fully saturated rings. The first-order valence-corrected chi connectivity index (χ1v) is 10.3. The Kier molecular flexibility index (Phi) is 8.97. The van der Waals surface area contributed by atoms with Crippen LogP contribution in [0, 0.1) is 13.8 Å². The summed E-state index contributed by atoms with van der Waals surface area (Å²) < 4.78 is 37.8. The van der Waals surface area contributed by atoms with Crippen molar-refractivity contribution in [1.82, 2.24) is 0 Å². The summed E-state index contributed by atoms with van der Waals surface area (Å²) in [6.07, 6.45) is 0. The number of ketones is 1. The lowest BCUT2D eigenvalue weighted by Crippen LogP contribution is -2.38. The van der Waals surface area contributed by atoms with Crippen LogP contribution in [0.25, 0.3) is 0 Å². The van der Waals surface area contributed by atoms with Gasteiger partial charge in [-0.05, 0) is 37.1 Å². The maximum absolute atomic E-state index is 12.6. The van der Waals surface area contributed by atoms with Gasteiger partial charge in [0.1, 0.15) is 18.9 Å². The van der Waals surface area contributed by atoms with E-state index in [0.717, 1.165) is 35.0 Å². The fourth-order valence-corrected chi connectivity index (χ4v) is 2.49. The van der Waals surface area contributed by atoms with Crippen molar-refractivity contribution in [3.8, 4) is 5.75 Å². The van der Waals surface area contributed by atoms with Crippen LogP contribution < -0.4 is 4.74 Å². The Balaban J connectivity index is 0.000000612. The maximum Gasteiger partial charge on any atom is 0.217 e. The van der Waals surface area contributed by atoms with E-state index in [0.29, 0.717) is 17.7 Å². The molecule has 0 aliphatic carbocycles. The van der Waals surface area contributed by atoms with E-state index in [4.69, 9.17) is 4.74 Å². The largest absolute Gasteiger partial charge is 0.726 e. The number of aryl methyl sites for hydroxylation is 2. The van der Waals surface area contributed by atoms with E-state index >= 15 is 0 Å². The first-order chi connectivity index (χ1) is 13.3. The molecule has 0 saturated carbocycles. The molecule has 0 aromatic heterocycles. The molecule has 0 amide bonds. The van der Waals surface area contributed by atoms with Gasteiger partial charge < -0.3 is 13.8 Å². The Morgan fingerprint density at radius 1 is 1.00 bits per heavy atom.